The lowest BCUT2D eigenvalue weighted by Crippen LogP contribution is -2.47. The Morgan fingerprint density at radius 2 is 1.69 bits per heavy atom. The van der Waals surface area contributed by atoms with E-state index in [0.29, 0.717) is 38.9 Å². The van der Waals surface area contributed by atoms with Gasteiger partial charge in [0.25, 0.3) is 0 Å². The number of carbonyl (C=O) groups is 2. The van der Waals surface area contributed by atoms with Crippen molar-refractivity contribution in [3.8, 4) is 0 Å². The number of nitrogens with one attached hydrogen (secondary N) is 1. The molecule has 2 amide bonds. The normalized spacial score (nSPS) is 24.6. The van der Waals surface area contributed by atoms with E-state index in [1.54, 1.807) is 0 Å². The summed E-state index contributed by atoms with van der Waals surface area (Å²) in [5, 5.41) is 3.08. The third-order valence-corrected chi connectivity index (χ3v) is 8.06. The molecule has 0 aromatic heterocycles. The Kier molecular flexibility index (Phi) is 6.35. The van der Waals surface area contributed by atoms with E-state index >= 15 is 0 Å². The van der Waals surface area contributed by atoms with Crippen molar-refractivity contribution < 1.29 is 14.0 Å². The van der Waals surface area contributed by atoms with Crippen LogP contribution < -0.4 is 5.32 Å². The largest absolute Gasteiger partial charge is 0.352 e. The molecular formula is C30H33FN2O2. The van der Waals surface area contributed by atoms with E-state index < -0.39 is 5.67 Å². The topological polar surface area (TPSA) is 49.4 Å². The fourth-order valence-electron chi connectivity index (χ4n) is 5.72. The highest BCUT2D eigenvalue weighted by molar-refractivity contribution is 5.80. The summed E-state index contributed by atoms with van der Waals surface area (Å²) >= 11 is 0. The van der Waals surface area contributed by atoms with E-state index in [1.165, 1.54) is 0 Å². The Morgan fingerprint density at radius 3 is 2.34 bits per heavy atom. The molecule has 2 aliphatic carbocycles. The minimum Gasteiger partial charge on any atom is -0.352 e. The summed E-state index contributed by atoms with van der Waals surface area (Å²) < 4.78 is 14.4. The SMILES string of the molecule is CC1=CC(CNC(=O)CC2(c3ccccc3)CCN(C(=O)Cc3ccccc3)CC2)=CC2CC12F. The third-order valence-electron chi connectivity index (χ3n) is 8.06. The number of piperidine rings is 1. The lowest BCUT2D eigenvalue weighted by atomic mass is 9.70. The second-order valence-electron chi connectivity index (χ2n) is 10.4. The van der Waals surface area contributed by atoms with Crippen LogP contribution in [-0.2, 0) is 21.4 Å². The summed E-state index contributed by atoms with van der Waals surface area (Å²) in [7, 11) is 0. The molecule has 1 N–H and O–H groups in total. The maximum Gasteiger partial charge on any atom is 0.226 e. The Morgan fingerprint density at radius 1 is 1.03 bits per heavy atom. The average Bonchev–Trinajstić information content (AvgIpc) is 3.56. The summed E-state index contributed by atoms with van der Waals surface area (Å²) in [6.45, 7) is 3.55. The Bertz CT molecular complexity index is 1150. The van der Waals surface area contributed by atoms with E-state index in [-0.39, 0.29) is 23.1 Å². The number of halogens is 1. The zero-order chi connectivity index (χ0) is 24.5. The van der Waals surface area contributed by atoms with Crippen LogP contribution in [0.25, 0.3) is 0 Å². The average molecular weight is 473 g/mol. The maximum absolute atomic E-state index is 14.4. The highest BCUT2D eigenvalue weighted by atomic mass is 19.1. The van der Waals surface area contributed by atoms with Crippen molar-refractivity contribution in [1.29, 1.82) is 0 Å². The predicted octanol–water partition coefficient (Wildman–Crippen LogP) is 4.91. The first kappa shape index (κ1) is 23.5. The van der Waals surface area contributed by atoms with Crippen molar-refractivity contribution in [2.75, 3.05) is 19.6 Å². The molecule has 1 aliphatic heterocycles. The molecular weight excluding hydrogens is 439 g/mol. The van der Waals surface area contributed by atoms with Crippen LogP contribution in [0.2, 0.25) is 0 Å². The minimum atomic E-state index is -1.14. The monoisotopic (exact) mass is 472 g/mol. The van der Waals surface area contributed by atoms with Crippen molar-refractivity contribution in [1.82, 2.24) is 10.2 Å². The first-order valence-electron chi connectivity index (χ1n) is 12.6. The van der Waals surface area contributed by atoms with Crippen LogP contribution in [-0.4, -0.2) is 42.0 Å². The lowest BCUT2D eigenvalue weighted by molar-refractivity contribution is -0.132. The Hall–Kier alpha value is -3.21. The van der Waals surface area contributed by atoms with Gasteiger partial charge in [0, 0.05) is 37.4 Å². The Balaban J connectivity index is 1.22. The molecule has 4 nitrogen and oxygen atoms in total. The van der Waals surface area contributed by atoms with Gasteiger partial charge in [-0.15, -0.1) is 0 Å². The quantitative estimate of drug-likeness (QED) is 0.623. The van der Waals surface area contributed by atoms with Crippen LogP contribution in [0.3, 0.4) is 0 Å². The fraction of sp³-hybridized carbons (Fsp3) is 0.400. The van der Waals surface area contributed by atoms with Gasteiger partial charge in [-0.1, -0.05) is 72.8 Å². The number of hydrogen-bond donors (Lipinski definition) is 1. The standard InChI is InChI=1S/C30H33FN2O2/c1-22-16-24(17-26-19-30(22,26)31)21-32-27(34)20-29(25-10-6-3-7-11-25)12-14-33(15-13-29)28(35)18-23-8-4-2-5-9-23/h2-11,16-17,26H,12-15,18-21H2,1H3,(H,32,34). The van der Waals surface area contributed by atoms with Gasteiger partial charge < -0.3 is 10.2 Å². The van der Waals surface area contributed by atoms with Gasteiger partial charge in [-0.25, -0.2) is 4.39 Å². The van der Waals surface area contributed by atoms with Crippen LogP contribution in [0, 0.1) is 5.92 Å². The van der Waals surface area contributed by atoms with Gasteiger partial charge in [0.1, 0.15) is 5.67 Å². The molecule has 0 bridgehead atoms. The highest BCUT2D eigenvalue weighted by Crippen LogP contribution is 2.55. The number of amides is 2. The number of benzene rings is 2. The molecule has 2 fully saturated rings. The molecule has 0 radical (unpaired) electrons. The lowest BCUT2D eigenvalue weighted by Gasteiger charge is -2.42. The van der Waals surface area contributed by atoms with Crippen LogP contribution >= 0.6 is 0 Å². The van der Waals surface area contributed by atoms with Gasteiger partial charge in [0.05, 0.1) is 6.42 Å². The summed E-state index contributed by atoms with van der Waals surface area (Å²) in [6, 6.07) is 20.0. The molecule has 1 saturated heterocycles. The highest BCUT2D eigenvalue weighted by Gasteiger charge is 2.56. The zero-order valence-electron chi connectivity index (χ0n) is 20.3. The predicted molar refractivity (Wildman–Crippen MR) is 135 cm³/mol. The van der Waals surface area contributed by atoms with E-state index in [1.807, 2.05) is 72.5 Å². The van der Waals surface area contributed by atoms with Crippen LogP contribution in [0.1, 0.15) is 43.7 Å². The van der Waals surface area contributed by atoms with Gasteiger partial charge in [-0.2, -0.15) is 0 Å². The molecule has 1 heterocycles. The molecule has 5 rings (SSSR count). The number of fused-ring (bicyclic) bond motifs is 1. The first-order valence-corrected chi connectivity index (χ1v) is 12.6. The number of hydrogen-bond acceptors (Lipinski definition) is 2. The maximum atomic E-state index is 14.4. The van der Waals surface area contributed by atoms with E-state index in [9.17, 15) is 14.0 Å². The van der Waals surface area contributed by atoms with Crippen LogP contribution in [0.4, 0.5) is 4.39 Å². The first-order chi connectivity index (χ1) is 16.9. The van der Waals surface area contributed by atoms with E-state index in [4.69, 9.17) is 0 Å². The van der Waals surface area contributed by atoms with E-state index in [2.05, 4.69) is 17.4 Å². The van der Waals surface area contributed by atoms with Crippen molar-refractivity contribution in [3.05, 3.63) is 95.1 Å². The number of nitrogens with zero attached hydrogens (tertiary/aromatic N) is 1. The van der Waals surface area contributed by atoms with Gasteiger partial charge in [-0.3, -0.25) is 9.59 Å². The molecule has 1 saturated carbocycles. The molecule has 182 valence electrons. The summed E-state index contributed by atoms with van der Waals surface area (Å²) in [6.07, 6.45) is 6.69. The third kappa shape index (κ3) is 4.95. The minimum absolute atomic E-state index is 0.00208. The second-order valence-corrected chi connectivity index (χ2v) is 10.4. The Labute approximate surface area is 206 Å². The van der Waals surface area contributed by atoms with Crippen molar-refractivity contribution in [2.24, 2.45) is 5.92 Å². The van der Waals surface area contributed by atoms with Gasteiger partial charge in [-0.05, 0) is 48.5 Å². The van der Waals surface area contributed by atoms with E-state index in [0.717, 1.165) is 35.1 Å². The van der Waals surface area contributed by atoms with Crippen LogP contribution in [0.15, 0.2) is 84.0 Å². The van der Waals surface area contributed by atoms with Gasteiger partial charge >= 0.3 is 0 Å². The number of rotatable bonds is 7. The molecule has 2 atom stereocenters. The summed E-state index contributed by atoms with van der Waals surface area (Å²) in [5.41, 5.74) is 2.49. The van der Waals surface area contributed by atoms with Crippen molar-refractivity contribution >= 4 is 11.8 Å². The fourth-order valence-corrected chi connectivity index (χ4v) is 5.72. The molecule has 3 aliphatic rings. The van der Waals surface area contributed by atoms with Gasteiger partial charge in [0.2, 0.25) is 11.8 Å². The molecule has 0 spiro atoms. The zero-order valence-corrected chi connectivity index (χ0v) is 20.3. The number of allylic oxidation sites excluding steroid dienone is 2. The van der Waals surface area contributed by atoms with Crippen molar-refractivity contribution in [3.63, 3.8) is 0 Å². The van der Waals surface area contributed by atoms with Crippen molar-refractivity contribution in [2.45, 2.75) is 50.1 Å². The summed E-state index contributed by atoms with van der Waals surface area (Å²) in [5.74, 6) is 0.100. The van der Waals surface area contributed by atoms with Gasteiger partial charge in [0.15, 0.2) is 0 Å². The molecule has 35 heavy (non-hydrogen) atoms. The number of carbonyl (C=O) groups excluding carboxylic acids is 2. The molecule has 2 aromatic carbocycles. The number of likely N-dealkylation sites (tertiary alicyclic amines) is 1. The number of alkyl halides is 1. The molecule has 5 heteroatoms. The molecule has 2 aromatic rings. The summed E-state index contributed by atoms with van der Waals surface area (Å²) in [4.78, 5) is 27.9. The van der Waals surface area contributed by atoms with Crippen LogP contribution in [0.5, 0.6) is 0 Å². The smallest absolute Gasteiger partial charge is 0.226 e. The second kappa shape index (κ2) is 9.44. The molecule has 2 unspecified atom stereocenters.